The standard InChI is InChI=1S/C23H29N3O2/c1-16-5-4-6-22(17(16)2)26-11-9-25(10-12-26)15-23(27)20-14-24-21-8-7-18(28-3)13-19(20)21/h4-8,13-14,23-24,27H,9-12,15H2,1-3H3/t23-/m1/s1. The number of hydrogen-bond acceptors (Lipinski definition) is 4. The van der Waals surface area contributed by atoms with Gasteiger partial charge in [0, 0.05) is 61.1 Å². The van der Waals surface area contributed by atoms with Crippen molar-refractivity contribution in [3.63, 3.8) is 0 Å². The van der Waals surface area contributed by atoms with Crippen molar-refractivity contribution in [2.75, 3.05) is 44.7 Å². The number of aliphatic hydroxyl groups is 1. The number of anilines is 1. The highest BCUT2D eigenvalue weighted by Crippen LogP contribution is 2.29. The highest BCUT2D eigenvalue weighted by molar-refractivity contribution is 5.85. The summed E-state index contributed by atoms with van der Waals surface area (Å²) in [6.45, 7) is 8.89. The van der Waals surface area contributed by atoms with E-state index >= 15 is 0 Å². The third kappa shape index (κ3) is 3.60. The molecule has 0 radical (unpaired) electrons. The van der Waals surface area contributed by atoms with Crippen molar-refractivity contribution in [3.05, 3.63) is 59.3 Å². The summed E-state index contributed by atoms with van der Waals surface area (Å²) in [6.07, 6.45) is 1.40. The zero-order valence-corrected chi connectivity index (χ0v) is 16.9. The zero-order valence-electron chi connectivity index (χ0n) is 16.9. The van der Waals surface area contributed by atoms with Crippen LogP contribution in [0.1, 0.15) is 22.8 Å². The predicted molar refractivity (Wildman–Crippen MR) is 114 cm³/mol. The minimum absolute atomic E-state index is 0.520. The van der Waals surface area contributed by atoms with E-state index in [1.165, 1.54) is 16.8 Å². The Morgan fingerprint density at radius 2 is 1.89 bits per heavy atom. The Balaban J connectivity index is 1.42. The quantitative estimate of drug-likeness (QED) is 0.711. The number of fused-ring (bicyclic) bond motifs is 1. The molecule has 0 bridgehead atoms. The molecule has 0 amide bonds. The van der Waals surface area contributed by atoms with Crippen molar-refractivity contribution in [3.8, 4) is 5.75 Å². The summed E-state index contributed by atoms with van der Waals surface area (Å²) in [4.78, 5) is 8.07. The molecule has 0 saturated carbocycles. The molecule has 1 aliphatic rings. The average molecular weight is 380 g/mol. The first-order valence-electron chi connectivity index (χ1n) is 9.93. The number of hydrogen-bond donors (Lipinski definition) is 2. The molecule has 1 saturated heterocycles. The molecule has 3 aromatic rings. The fourth-order valence-electron chi connectivity index (χ4n) is 4.12. The highest BCUT2D eigenvalue weighted by atomic mass is 16.5. The lowest BCUT2D eigenvalue weighted by Gasteiger charge is -2.37. The lowest BCUT2D eigenvalue weighted by molar-refractivity contribution is 0.110. The number of nitrogens with one attached hydrogen (secondary N) is 1. The normalized spacial score (nSPS) is 16.5. The number of β-amino-alcohol motifs (C(OH)–C–C–N with tert-alkyl or cyclic N) is 1. The molecule has 4 rings (SSSR count). The maximum absolute atomic E-state index is 10.9. The first-order chi connectivity index (χ1) is 13.6. The number of piperazine rings is 1. The molecule has 5 nitrogen and oxygen atoms in total. The molecular formula is C23H29N3O2. The van der Waals surface area contributed by atoms with Crippen LogP contribution in [-0.4, -0.2) is 54.8 Å². The van der Waals surface area contributed by atoms with E-state index in [2.05, 4.69) is 46.8 Å². The molecule has 2 aromatic carbocycles. The maximum atomic E-state index is 10.9. The summed E-state index contributed by atoms with van der Waals surface area (Å²) in [5.74, 6) is 0.808. The Kier molecular flexibility index (Phi) is 5.29. The monoisotopic (exact) mass is 379 g/mol. The van der Waals surface area contributed by atoms with Crippen LogP contribution in [0.3, 0.4) is 0 Å². The second-order valence-electron chi connectivity index (χ2n) is 7.68. The molecule has 0 spiro atoms. The number of aromatic nitrogens is 1. The number of aryl methyl sites for hydroxylation is 1. The number of aliphatic hydroxyl groups excluding tert-OH is 1. The number of nitrogens with zero attached hydrogens (tertiary/aromatic N) is 2. The van der Waals surface area contributed by atoms with Gasteiger partial charge in [-0.2, -0.15) is 0 Å². The summed E-state index contributed by atoms with van der Waals surface area (Å²) in [5.41, 5.74) is 6.00. The van der Waals surface area contributed by atoms with Crippen LogP contribution in [0, 0.1) is 13.8 Å². The van der Waals surface area contributed by atoms with Gasteiger partial charge in [-0.25, -0.2) is 0 Å². The molecule has 1 atom stereocenters. The Morgan fingerprint density at radius 1 is 1.11 bits per heavy atom. The second kappa shape index (κ2) is 7.86. The molecular weight excluding hydrogens is 350 g/mol. The molecule has 1 aliphatic heterocycles. The number of rotatable bonds is 5. The van der Waals surface area contributed by atoms with E-state index in [4.69, 9.17) is 4.74 Å². The molecule has 0 aliphatic carbocycles. The van der Waals surface area contributed by atoms with Gasteiger partial charge in [0.05, 0.1) is 13.2 Å². The van der Waals surface area contributed by atoms with E-state index in [9.17, 15) is 5.11 Å². The van der Waals surface area contributed by atoms with Gasteiger partial charge in [-0.3, -0.25) is 4.90 Å². The fourth-order valence-corrected chi connectivity index (χ4v) is 4.12. The molecule has 28 heavy (non-hydrogen) atoms. The summed E-state index contributed by atoms with van der Waals surface area (Å²) in [5, 5.41) is 11.9. The minimum atomic E-state index is -0.520. The molecule has 0 unspecified atom stereocenters. The van der Waals surface area contributed by atoms with Crippen molar-refractivity contribution in [2.24, 2.45) is 0 Å². The number of benzene rings is 2. The smallest absolute Gasteiger partial charge is 0.119 e. The molecule has 5 heteroatoms. The lowest BCUT2D eigenvalue weighted by atomic mass is 10.1. The first-order valence-corrected chi connectivity index (χ1v) is 9.93. The Bertz CT molecular complexity index is 958. The van der Waals surface area contributed by atoms with Crippen LogP contribution >= 0.6 is 0 Å². The Hall–Kier alpha value is -2.50. The minimum Gasteiger partial charge on any atom is -0.497 e. The summed E-state index contributed by atoms with van der Waals surface area (Å²) < 4.78 is 5.34. The van der Waals surface area contributed by atoms with Crippen LogP contribution in [-0.2, 0) is 0 Å². The third-order valence-electron chi connectivity index (χ3n) is 6.00. The topological polar surface area (TPSA) is 51.7 Å². The molecule has 2 N–H and O–H groups in total. The van der Waals surface area contributed by atoms with Gasteiger partial charge in [0.2, 0.25) is 0 Å². The van der Waals surface area contributed by atoms with Gasteiger partial charge in [-0.15, -0.1) is 0 Å². The van der Waals surface area contributed by atoms with Gasteiger partial charge in [0.25, 0.3) is 0 Å². The van der Waals surface area contributed by atoms with E-state index in [1.807, 2.05) is 24.4 Å². The van der Waals surface area contributed by atoms with Gasteiger partial charge in [-0.1, -0.05) is 12.1 Å². The molecule has 1 aromatic heterocycles. The third-order valence-corrected chi connectivity index (χ3v) is 6.00. The molecule has 2 heterocycles. The number of aromatic amines is 1. The van der Waals surface area contributed by atoms with Crippen LogP contribution < -0.4 is 9.64 Å². The van der Waals surface area contributed by atoms with Gasteiger partial charge in [0.1, 0.15) is 5.75 Å². The second-order valence-corrected chi connectivity index (χ2v) is 7.68. The van der Waals surface area contributed by atoms with Gasteiger partial charge in [-0.05, 0) is 49.2 Å². The van der Waals surface area contributed by atoms with Crippen molar-refractivity contribution >= 4 is 16.6 Å². The summed E-state index contributed by atoms with van der Waals surface area (Å²) in [6, 6.07) is 12.4. The number of H-pyrrole nitrogens is 1. The number of methoxy groups -OCH3 is 1. The fraction of sp³-hybridized carbons (Fsp3) is 0.391. The highest BCUT2D eigenvalue weighted by Gasteiger charge is 2.22. The van der Waals surface area contributed by atoms with Crippen molar-refractivity contribution < 1.29 is 9.84 Å². The van der Waals surface area contributed by atoms with E-state index < -0.39 is 6.10 Å². The van der Waals surface area contributed by atoms with Crippen molar-refractivity contribution in [1.29, 1.82) is 0 Å². The van der Waals surface area contributed by atoms with E-state index in [0.717, 1.165) is 48.4 Å². The Morgan fingerprint density at radius 3 is 2.64 bits per heavy atom. The lowest BCUT2D eigenvalue weighted by Crippen LogP contribution is -2.47. The van der Waals surface area contributed by atoms with Crippen molar-refractivity contribution in [1.82, 2.24) is 9.88 Å². The summed E-state index contributed by atoms with van der Waals surface area (Å²) >= 11 is 0. The van der Waals surface area contributed by atoms with E-state index in [0.29, 0.717) is 6.54 Å². The first kappa shape index (κ1) is 18.8. The van der Waals surface area contributed by atoms with Crippen LogP contribution in [0.4, 0.5) is 5.69 Å². The molecule has 1 fully saturated rings. The van der Waals surface area contributed by atoms with Crippen LogP contribution in [0.2, 0.25) is 0 Å². The van der Waals surface area contributed by atoms with E-state index in [-0.39, 0.29) is 0 Å². The van der Waals surface area contributed by atoms with Crippen LogP contribution in [0.15, 0.2) is 42.6 Å². The Labute approximate surface area is 166 Å². The van der Waals surface area contributed by atoms with Crippen molar-refractivity contribution in [2.45, 2.75) is 20.0 Å². The number of ether oxygens (including phenoxy) is 1. The van der Waals surface area contributed by atoms with E-state index in [1.54, 1.807) is 7.11 Å². The van der Waals surface area contributed by atoms with Gasteiger partial charge < -0.3 is 19.7 Å². The van der Waals surface area contributed by atoms with Crippen LogP contribution in [0.5, 0.6) is 5.75 Å². The largest absolute Gasteiger partial charge is 0.497 e. The van der Waals surface area contributed by atoms with Gasteiger partial charge in [0.15, 0.2) is 0 Å². The zero-order chi connectivity index (χ0) is 19.7. The SMILES string of the molecule is COc1ccc2[nH]cc([C@H](O)CN3CCN(c4cccc(C)c4C)CC3)c2c1. The average Bonchev–Trinajstić information content (AvgIpc) is 3.14. The molecule has 148 valence electrons. The predicted octanol–water partition coefficient (Wildman–Crippen LogP) is 3.65. The van der Waals surface area contributed by atoms with Gasteiger partial charge >= 0.3 is 0 Å². The maximum Gasteiger partial charge on any atom is 0.119 e. The van der Waals surface area contributed by atoms with Crippen LogP contribution in [0.25, 0.3) is 10.9 Å². The summed E-state index contributed by atoms with van der Waals surface area (Å²) in [7, 11) is 1.67.